The summed E-state index contributed by atoms with van der Waals surface area (Å²) in [6.45, 7) is 2.70. The predicted octanol–water partition coefficient (Wildman–Crippen LogP) is 1.67. The highest BCUT2D eigenvalue weighted by Gasteiger charge is 2.28. The van der Waals surface area contributed by atoms with Crippen LogP contribution in [0, 0.1) is 6.92 Å². The zero-order valence-corrected chi connectivity index (χ0v) is 15.5. The van der Waals surface area contributed by atoms with Crippen molar-refractivity contribution in [3.63, 3.8) is 0 Å². The van der Waals surface area contributed by atoms with Crippen molar-refractivity contribution in [2.45, 2.75) is 25.8 Å². The Hall–Kier alpha value is -3.26. The first-order valence-electron chi connectivity index (χ1n) is 9.16. The first-order valence-corrected chi connectivity index (χ1v) is 9.16. The van der Waals surface area contributed by atoms with E-state index in [0.29, 0.717) is 25.2 Å². The number of aromatic nitrogens is 3. The number of fused-ring (bicyclic) bond motifs is 2. The number of benzene rings is 1. The Morgan fingerprint density at radius 2 is 2.21 bits per heavy atom. The summed E-state index contributed by atoms with van der Waals surface area (Å²) in [5.74, 6) is -1.11. The molecule has 0 saturated heterocycles. The Morgan fingerprint density at radius 3 is 2.96 bits per heavy atom. The number of carboxylic acids is 1. The molecule has 1 aromatic carbocycles. The zero-order chi connectivity index (χ0) is 19.8. The lowest BCUT2D eigenvalue weighted by molar-refractivity contribution is -0.137. The molecule has 0 radical (unpaired) electrons. The maximum absolute atomic E-state index is 12.3. The van der Waals surface area contributed by atoms with Gasteiger partial charge in [0, 0.05) is 30.3 Å². The van der Waals surface area contributed by atoms with Crippen molar-refractivity contribution >= 4 is 22.9 Å². The molecule has 1 aliphatic rings. The Balaban J connectivity index is 1.86. The Kier molecular flexibility index (Phi) is 4.56. The zero-order valence-electron chi connectivity index (χ0n) is 15.5. The van der Waals surface area contributed by atoms with Crippen molar-refractivity contribution in [2.75, 3.05) is 13.1 Å². The number of nitrogens with zero attached hydrogens (tertiary/aromatic N) is 3. The maximum Gasteiger partial charge on any atom is 0.305 e. The van der Waals surface area contributed by atoms with Crippen LogP contribution >= 0.6 is 0 Å². The highest BCUT2D eigenvalue weighted by molar-refractivity contribution is 5.98. The number of rotatable bonds is 5. The van der Waals surface area contributed by atoms with Crippen LogP contribution in [0.4, 0.5) is 0 Å². The molecule has 8 nitrogen and oxygen atoms in total. The second-order valence-electron chi connectivity index (χ2n) is 6.95. The molecule has 4 rings (SSSR count). The Labute approximate surface area is 161 Å². The van der Waals surface area contributed by atoms with Gasteiger partial charge in [-0.2, -0.15) is 0 Å². The number of aliphatic carboxylic acids is 1. The predicted molar refractivity (Wildman–Crippen MR) is 104 cm³/mol. The lowest BCUT2D eigenvalue weighted by atomic mass is 10.1. The molecule has 144 valence electrons. The minimum Gasteiger partial charge on any atom is -0.481 e. The molecule has 0 fully saturated rings. The average Bonchev–Trinajstić information content (AvgIpc) is 3.10. The molecule has 0 aliphatic carbocycles. The van der Waals surface area contributed by atoms with Gasteiger partial charge < -0.3 is 20.7 Å². The number of hydrogen-bond donors (Lipinski definition) is 3. The number of aryl methyl sites for hydroxylation is 1. The Morgan fingerprint density at radius 1 is 1.39 bits per heavy atom. The van der Waals surface area contributed by atoms with Crippen LogP contribution in [0.3, 0.4) is 0 Å². The summed E-state index contributed by atoms with van der Waals surface area (Å²) < 4.78 is 1.75. The summed E-state index contributed by atoms with van der Waals surface area (Å²) in [6.07, 6.45) is 2.41. The number of carbonyl (C=O) groups excluding carboxylic acids is 1. The summed E-state index contributed by atoms with van der Waals surface area (Å²) in [5.41, 5.74) is 11.0. The van der Waals surface area contributed by atoms with E-state index in [1.165, 1.54) is 0 Å². The van der Waals surface area contributed by atoms with Gasteiger partial charge in [0.05, 0.1) is 34.9 Å². The number of nitrogens with two attached hydrogens (primary N) is 1. The molecule has 8 heteroatoms. The third-order valence-electron chi connectivity index (χ3n) is 5.04. The quantitative estimate of drug-likeness (QED) is 0.620. The fourth-order valence-electron chi connectivity index (χ4n) is 3.69. The van der Waals surface area contributed by atoms with Crippen molar-refractivity contribution in [2.24, 2.45) is 5.73 Å². The van der Waals surface area contributed by atoms with Crippen molar-refractivity contribution in [1.82, 2.24) is 19.9 Å². The molecule has 3 aromatic rings. The van der Waals surface area contributed by atoms with E-state index in [0.717, 1.165) is 33.5 Å². The minimum absolute atomic E-state index is 0.0589. The largest absolute Gasteiger partial charge is 0.481 e. The van der Waals surface area contributed by atoms with Gasteiger partial charge in [0.25, 0.3) is 5.91 Å². The van der Waals surface area contributed by atoms with Crippen LogP contribution in [0.25, 0.3) is 22.2 Å². The van der Waals surface area contributed by atoms with Crippen LogP contribution in [0.15, 0.2) is 30.5 Å². The van der Waals surface area contributed by atoms with Gasteiger partial charge >= 0.3 is 5.97 Å². The van der Waals surface area contributed by atoms with Gasteiger partial charge in [-0.3, -0.25) is 9.59 Å². The molecule has 0 bridgehead atoms. The number of hydrogen-bond acceptors (Lipinski definition) is 5. The number of carboxylic acid groups (broad SMARTS) is 1. The van der Waals surface area contributed by atoms with Crippen molar-refractivity contribution in [3.05, 3.63) is 47.5 Å². The van der Waals surface area contributed by atoms with Crippen LogP contribution < -0.4 is 11.1 Å². The highest BCUT2D eigenvalue weighted by atomic mass is 16.4. The smallest absolute Gasteiger partial charge is 0.305 e. The van der Waals surface area contributed by atoms with E-state index < -0.39 is 5.97 Å². The van der Waals surface area contributed by atoms with E-state index in [-0.39, 0.29) is 18.4 Å². The SMILES string of the molecule is Cc1nc2cccc(-c3cc4n(c3)C(CC(=O)O)CNC4=O)c2nc1CCN. The summed E-state index contributed by atoms with van der Waals surface area (Å²) in [4.78, 5) is 32.9. The fourth-order valence-corrected chi connectivity index (χ4v) is 3.69. The number of nitrogens with one attached hydrogen (secondary N) is 1. The summed E-state index contributed by atoms with van der Waals surface area (Å²) >= 11 is 0. The topological polar surface area (TPSA) is 123 Å². The summed E-state index contributed by atoms with van der Waals surface area (Å²) in [6, 6.07) is 7.20. The van der Waals surface area contributed by atoms with Gasteiger partial charge in [0.2, 0.25) is 0 Å². The lowest BCUT2D eigenvalue weighted by Crippen LogP contribution is -2.39. The van der Waals surface area contributed by atoms with Gasteiger partial charge in [0.15, 0.2) is 0 Å². The van der Waals surface area contributed by atoms with Crippen molar-refractivity contribution in [3.8, 4) is 11.1 Å². The standard InChI is InChI=1S/C20H21N5O3/c1-11-15(5-6-21)24-19-14(3-2-4-16(19)23-11)12-7-17-20(28)22-9-13(8-18(26)27)25(17)10-12/h2-4,7,10,13H,5-6,8-9,21H2,1H3,(H,22,28)(H,26,27). The third-order valence-corrected chi connectivity index (χ3v) is 5.04. The van der Waals surface area contributed by atoms with Crippen molar-refractivity contribution in [1.29, 1.82) is 0 Å². The summed E-state index contributed by atoms with van der Waals surface area (Å²) in [5, 5.41) is 11.9. The normalized spacial score (nSPS) is 16.1. The number of amides is 1. The molecule has 0 saturated carbocycles. The van der Waals surface area contributed by atoms with Crippen LogP contribution in [0.5, 0.6) is 0 Å². The van der Waals surface area contributed by atoms with E-state index in [9.17, 15) is 14.7 Å². The molecule has 4 N–H and O–H groups in total. The average molecular weight is 379 g/mol. The molecule has 1 atom stereocenters. The molecule has 1 amide bonds. The number of para-hydroxylation sites is 1. The van der Waals surface area contributed by atoms with E-state index in [4.69, 9.17) is 10.7 Å². The van der Waals surface area contributed by atoms with Crippen LogP contribution in [-0.4, -0.2) is 44.6 Å². The molecule has 28 heavy (non-hydrogen) atoms. The molecular weight excluding hydrogens is 358 g/mol. The van der Waals surface area contributed by atoms with Crippen LogP contribution in [-0.2, 0) is 11.2 Å². The molecule has 0 spiro atoms. The molecular formula is C20H21N5O3. The van der Waals surface area contributed by atoms with E-state index in [1.54, 1.807) is 10.6 Å². The van der Waals surface area contributed by atoms with Gasteiger partial charge in [-0.25, -0.2) is 9.97 Å². The maximum atomic E-state index is 12.3. The van der Waals surface area contributed by atoms with Gasteiger partial charge in [-0.1, -0.05) is 12.1 Å². The monoisotopic (exact) mass is 379 g/mol. The third kappa shape index (κ3) is 3.11. The second kappa shape index (κ2) is 7.05. The molecule has 2 aromatic heterocycles. The van der Waals surface area contributed by atoms with Crippen LogP contribution in [0.2, 0.25) is 0 Å². The molecule has 3 heterocycles. The molecule has 1 unspecified atom stereocenters. The first-order chi connectivity index (χ1) is 13.5. The van der Waals surface area contributed by atoms with Crippen LogP contribution in [0.1, 0.15) is 34.3 Å². The summed E-state index contributed by atoms with van der Waals surface area (Å²) in [7, 11) is 0. The fraction of sp³-hybridized carbons (Fsp3) is 0.300. The first kappa shape index (κ1) is 18.1. The van der Waals surface area contributed by atoms with Crippen molar-refractivity contribution < 1.29 is 14.7 Å². The Bertz CT molecular complexity index is 1090. The second-order valence-corrected chi connectivity index (χ2v) is 6.95. The van der Waals surface area contributed by atoms with Gasteiger partial charge in [-0.15, -0.1) is 0 Å². The van der Waals surface area contributed by atoms with E-state index in [2.05, 4.69) is 10.3 Å². The van der Waals surface area contributed by atoms with E-state index in [1.807, 2.05) is 31.3 Å². The highest BCUT2D eigenvalue weighted by Crippen LogP contribution is 2.32. The van der Waals surface area contributed by atoms with E-state index >= 15 is 0 Å². The van der Waals surface area contributed by atoms with Gasteiger partial charge in [-0.05, 0) is 25.6 Å². The minimum atomic E-state index is -0.903. The van der Waals surface area contributed by atoms with Gasteiger partial charge in [0.1, 0.15) is 5.69 Å². The number of carbonyl (C=O) groups is 2. The molecule has 1 aliphatic heterocycles. The lowest BCUT2D eigenvalue weighted by Gasteiger charge is -2.25.